The number of nitrogens with zero attached hydrogens (tertiary/aromatic N) is 1. The lowest BCUT2D eigenvalue weighted by atomic mass is 10.0. The van der Waals surface area contributed by atoms with E-state index in [2.05, 4.69) is 15.6 Å². The van der Waals surface area contributed by atoms with E-state index in [1.807, 2.05) is 43.3 Å². The van der Waals surface area contributed by atoms with E-state index in [1.165, 1.54) is 0 Å². The van der Waals surface area contributed by atoms with Crippen LogP contribution in [0.4, 0.5) is 4.79 Å². The molecule has 2 rings (SSSR count). The van der Waals surface area contributed by atoms with Gasteiger partial charge in [-0.15, -0.1) is 0 Å². The molecule has 0 aliphatic carbocycles. The normalized spacial score (nSPS) is 11.5. The molecule has 0 radical (unpaired) electrons. The third-order valence-corrected chi connectivity index (χ3v) is 3.61. The van der Waals surface area contributed by atoms with E-state index in [9.17, 15) is 9.59 Å². The molecule has 1 aromatic heterocycles. The Hall–Kier alpha value is -2.89. The molecule has 0 aliphatic heterocycles. The quantitative estimate of drug-likeness (QED) is 0.682. The topological polar surface area (TPSA) is 91.3 Å². The average molecular weight is 327 g/mol. The van der Waals surface area contributed by atoms with Gasteiger partial charge in [0, 0.05) is 25.4 Å². The van der Waals surface area contributed by atoms with E-state index < -0.39 is 5.97 Å². The van der Waals surface area contributed by atoms with Crippen LogP contribution in [0.2, 0.25) is 0 Å². The number of carbonyl (C=O) groups excluding carboxylic acids is 1. The molecular weight excluding hydrogens is 306 g/mol. The number of pyridine rings is 1. The summed E-state index contributed by atoms with van der Waals surface area (Å²) in [4.78, 5) is 26.3. The molecule has 1 heterocycles. The first-order valence-electron chi connectivity index (χ1n) is 7.83. The fraction of sp³-hybridized carbons (Fsp3) is 0.278. The number of carboxylic acids is 1. The molecule has 24 heavy (non-hydrogen) atoms. The molecule has 6 nitrogen and oxygen atoms in total. The number of urea groups is 1. The highest BCUT2D eigenvalue weighted by Crippen LogP contribution is 2.21. The van der Waals surface area contributed by atoms with Gasteiger partial charge in [0.1, 0.15) is 0 Å². The van der Waals surface area contributed by atoms with Crippen molar-refractivity contribution in [3.8, 4) is 11.1 Å². The summed E-state index contributed by atoms with van der Waals surface area (Å²) in [6.45, 7) is 2.24. The van der Waals surface area contributed by atoms with Crippen LogP contribution in [-0.2, 0) is 4.79 Å². The van der Waals surface area contributed by atoms with Crippen LogP contribution in [0, 0.1) is 0 Å². The van der Waals surface area contributed by atoms with Crippen molar-refractivity contribution in [2.24, 2.45) is 0 Å². The Morgan fingerprint density at radius 3 is 2.54 bits per heavy atom. The molecule has 0 saturated carbocycles. The van der Waals surface area contributed by atoms with E-state index in [0.29, 0.717) is 13.0 Å². The Labute approximate surface area is 140 Å². The van der Waals surface area contributed by atoms with E-state index in [4.69, 9.17) is 5.11 Å². The van der Waals surface area contributed by atoms with Crippen molar-refractivity contribution in [1.29, 1.82) is 0 Å². The maximum absolute atomic E-state index is 11.8. The summed E-state index contributed by atoms with van der Waals surface area (Å²) in [5.41, 5.74) is 3.10. The van der Waals surface area contributed by atoms with Gasteiger partial charge in [0.15, 0.2) is 0 Å². The fourth-order valence-corrected chi connectivity index (χ4v) is 2.27. The molecule has 1 unspecified atom stereocenters. The number of hydrogen-bond donors (Lipinski definition) is 3. The number of nitrogens with one attached hydrogen (secondary N) is 2. The molecule has 0 bridgehead atoms. The minimum absolute atomic E-state index is 0.0473. The number of benzene rings is 1. The summed E-state index contributed by atoms with van der Waals surface area (Å²) >= 11 is 0. The lowest BCUT2D eigenvalue weighted by molar-refractivity contribution is -0.137. The maximum atomic E-state index is 11.8. The summed E-state index contributed by atoms with van der Waals surface area (Å²) in [7, 11) is 0. The summed E-state index contributed by atoms with van der Waals surface area (Å²) in [6.07, 6.45) is 4.00. The monoisotopic (exact) mass is 327 g/mol. The molecule has 0 aliphatic rings. The van der Waals surface area contributed by atoms with Crippen molar-refractivity contribution in [2.45, 2.75) is 25.8 Å². The molecule has 2 aromatic rings. The van der Waals surface area contributed by atoms with E-state index >= 15 is 0 Å². The molecule has 6 heteroatoms. The number of aliphatic carboxylic acids is 1. The smallest absolute Gasteiger partial charge is 0.315 e. The van der Waals surface area contributed by atoms with Gasteiger partial charge >= 0.3 is 12.0 Å². The Kier molecular flexibility index (Phi) is 6.31. The molecule has 2 amide bonds. The van der Waals surface area contributed by atoms with Crippen LogP contribution in [0.5, 0.6) is 0 Å². The first kappa shape index (κ1) is 17.5. The number of rotatable bonds is 7. The first-order valence-corrected chi connectivity index (χ1v) is 7.83. The summed E-state index contributed by atoms with van der Waals surface area (Å²) < 4.78 is 0. The van der Waals surface area contributed by atoms with Gasteiger partial charge in [0.2, 0.25) is 0 Å². The molecule has 0 fully saturated rings. The van der Waals surface area contributed by atoms with E-state index in [1.54, 1.807) is 12.4 Å². The Morgan fingerprint density at radius 2 is 1.92 bits per heavy atom. The predicted octanol–water partition coefficient (Wildman–Crippen LogP) is 2.97. The number of carbonyl (C=O) groups is 2. The first-order chi connectivity index (χ1) is 11.6. The molecule has 126 valence electrons. The predicted molar refractivity (Wildman–Crippen MR) is 91.5 cm³/mol. The van der Waals surface area contributed by atoms with Crippen molar-refractivity contribution in [3.05, 3.63) is 54.4 Å². The SMILES string of the molecule is CC(NC(=O)NCCCC(=O)O)c1ccc(-c2cccnc2)cc1. The van der Waals surface area contributed by atoms with Crippen LogP contribution < -0.4 is 10.6 Å². The number of hydrogen-bond acceptors (Lipinski definition) is 3. The van der Waals surface area contributed by atoms with Crippen molar-refractivity contribution in [2.75, 3.05) is 6.54 Å². The highest BCUT2D eigenvalue weighted by Gasteiger charge is 2.09. The van der Waals surface area contributed by atoms with Gasteiger partial charge in [-0.2, -0.15) is 0 Å². The lowest BCUT2D eigenvalue weighted by Crippen LogP contribution is -2.37. The van der Waals surface area contributed by atoms with Crippen LogP contribution in [0.1, 0.15) is 31.4 Å². The molecule has 1 aromatic carbocycles. The number of aromatic nitrogens is 1. The zero-order valence-electron chi connectivity index (χ0n) is 13.5. The fourth-order valence-electron chi connectivity index (χ4n) is 2.27. The van der Waals surface area contributed by atoms with Gasteiger partial charge in [-0.05, 0) is 36.1 Å². The maximum Gasteiger partial charge on any atom is 0.315 e. The molecular formula is C18H21N3O3. The molecule has 3 N–H and O–H groups in total. The molecule has 0 spiro atoms. The second kappa shape index (κ2) is 8.67. The van der Waals surface area contributed by atoms with Crippen LogP contribution in [0.3, 0.4) is 0 Å². The van der Waals surface area contributed by atoms with Gasteiger partial charge in [-0.3, -0.25) is 9.78 Å². The van der Waals surface area contributed by atoms with Gasteiger partial charge in [-0.25, -0.2) is 4.79 Å². The Bertz CT molecular complexity index is 672. The number of amides is 2. The second-order valence-electron chi connectivity index (χ2n) is 5.48. The van der Waals surface area contributed by atoms with Crippen LogP contribution in [0.25, 0.3) is 11.1 Å². The lowest BCUT2D eigenvalue weighted by Gasteiger charge is -2.15. The Balaban J connectivity index is 1.85. The summed E-state index contributed by atoms with van der Waals surface area (Å²) in [5.74, 6) is -0.862. The minimum Gasteiger partial charge on any atom is -0.481 e. The number of carboxylic acid groups (broad SMARTS) is 1. The second-order valence-corrected chi connectivity index (χ2v) is 5.48. The van der Waals surface area contributed by atoms with Crippen molar-refractivity contribution < 1.29 is 14.7 Å². The van der Waals surface area contributed by atoms with E-state index in [-0.39, 0.29) is 18.5 Å². The molecule has 1 atom stereocenters. The van der Waals surface area contributed by atoms with Gasteiger partial charge in [0.05, 0.1) is 6.04 Å². The van der Waals surface area contributed by atoms with Crippen molar-refractivity contribution in [3.63, 3.8) is 0 Å². The minimum atomic E-state index is -0.862. The average Bonchev–Trinajstić information content (AvgIpc) is 2.59. The van der Waals surface area contributed by atoms with Crippen LogP contribution in [0.15, 0.2) is 48.8 Å². The highest BCUT2D eigenvalue weighted by atomic mass is 16.4. The van der Waals surface area contributed by atoms with Gasteiger partial charge in [-0.1, -0.05) is 30.3 Å². The van der Waals surface area contributed by atoms with Gasteiger partial charge < -0.3 is 15.7 Å². The van der Waals surface area contributed by atoms with Crippen LogP contribution in [-0.4, -0.2) is 28.6 Å². The van der Waals surface area contributed by atoms with Crippen molar-refractivity contribution in [1.82, 2.24) is 15.6 Å². The van der Waals surface area contributed by atoms with Crippen LogP contribution >= 0.6 is 0 Å². The third-order valence-electron chi connectivity index (χ3n) is 3.61. The Morgan fingerprint density at radius 1 is 1.17 bits per heavy atom. The summed E-state index contributed by atoms with van der Waals surface area (Å²) in [5, 5.41) is 14.0. The highest BCUT2D eigenvalue weighted by molar-refractivity contribution is 5.74. The van der Waals surface area contributed by atoms with Gasteiger partial charge in [0.25, 0.3) is 0 Å². The summed E-state index contributed by atoms with van der Waals surface area (Å²) in [6, 6.07) is 11.4. The molecule has 0 saturated heterocycles. The van der Waals surface area contributed by atoms with Crippen molar-refractivity contribution >= 4 is 12.0 Å². The largest absolute Gasteiger partial charge is 0.481 e. The zero-order chi connectivity index (χ0) is 17.4. The van der Waals surface area contributed by atoms with E-state index in [0.717, 1.165) is 16.7 Å². The third kappa shape index (κ3) is 5.39. The zero-order valence-corrected chi connectivity index (χ0v) is 13.5. The standard InChI is InChI=1S/C18H21N3O3/c1-13(21-18(24)20-11-3-5-17(22)23)14-6-8-15(9-7-14)16-4-2-10-19-12-16/h2,4,6-10,12-13H,3,5,11H2,1H3,(H,22,23)(H2,20,21,24).